The van der Waals surface area contributed by atoms with E-state index in [0.29, 0.717) is 17.4 Å². The molecule has 0 saturated heterocycles. The molecule has 0 bridgehead atoms. The second kappa shape index (κ2) is 3.43. The van der Waals surface area contributed by atoms with E-state index < -0.39 is 0 Å². The van der Waals surface area contributed by atoms with Gasteiger partial charge in [-0.25, -0.2) is 4.98 Å². The summed E-state index contributed by atoms with van der Waals surface area (Å²) in [5.41, 5.74) is 6.42. The van der Waals surface area contributed by atoms with Gasteiger partial charge in [0, 0.05) is 24.3 Å². The number of H-pyrrole nitrogens is 1. The smallest absolute Gasteiger partial charge is 0.198 e. The van der Waals surface area contributed by atoms with E-state index in [1.807, 2.05) is 6.07 Å². The van der Waals surface area contributed by atoms with Gasteiger partial charge in [-0.3, -0.25) is 0 Å². The van der Waals surface area contributed by atoms with Crippen LogP contribution < -0.4 is 11.1 Å². The Hall–Kier alpha value is -0.940. The molecule has 70 valence electrons. The lowest BCUT2D eigenvalue weighted by molar-refractivity contribution is 0.946. The van der Waals surface area contributed by atoms with E-state index in [4.69, 9.17) is 18.0 Å². The summed E-state index contributed by atoms with van der Waals surface area (Å²) < 4.78 is 0.492. The zero-order valence-electron chi connectivity index (χ0n) is 7.21. The minimum Gasteiger partial charge on any atom is -0.367 e. The Balaban J connectivity index is 2.22. The van der Waals surface area contributed by atoms with Gasteiger partial charge < -0.3 is 16.0 Å². The summed E-state index contributed by atoms with van der Waals surface area (Å²) in [5, 5.41) is 3.28. The SMILES string of the molecule is NCc1cc(NC2CC2)nc(=S)[nH]1. The molecule has 1 fully saturated rings. The number of hydrogen-bond acceptors (Lipinski definition) is 4. The number of nitrogens with zero attached hydrogens (tertiary/aromatic N) is 1. The van der Waals surface area contributed by atoms with Crippen LogP contribution in [0.15, 0.2) is 6.07 Å². The topological polar surface area (TPSA) is 66.7 Å². The predicted octanol–water partition coefficient (Wildman–Crippen LogP) is 1.17. The van der Waals surface area contributed by atoms with Gasteiger partial charge in [-0.05, 0) is 25.1 Å². The molecule has 0 aromatic carbocycles. The molecule has 0 aliphatic heterocycles. The van der Waals surface area contributed by atoms with Crippen LogP contribution in [0, 0.1) is 4.77 Å². The first-order chi connectivity index (χ1) is 6.28. The number of rotatable bonds is 3. The third-order valence-corrected chi connectivity index (χ3v) is 2.14. The van der Waals surface area contributed by atoms with E-state index in [0.717, 1.165) is 11.5 Å². The second-order valence-electron chi connectivity index (χ2n) is 3.22. The summed E-state index contributed by atoms with van der Waals surface area (Å²) in [7, 11) is 0. The van der Waals surface area contributed by atoms with E-state index >= 15 is 0 Å². The first-order valence-corrected chi connectivity index (χ1v) is 4.75. The van der Waals surface area contributed by atoms with Gasteiger partial charge in [-0.2, -0.15) is 0 Å². The summed E-state index contributed by atoms with van der Waals surface area (Å²) in [4.78, 5) is 7.08. The third kappa shape index (κ3) is 2.26. The Morgan fingerprint density at radius 3 is 3.08 bits per heavy atom. The van der Waals surface area contributed by atoms with Crippen LogP contribution in [-0.2, 0) is 6.54 Å². The molecule has 1 aliphatic carbocycles. The largest absolute Gasteiger partial charge is 0.367 e. The fraction of sp³-hybridized carbons (Fsp3) is 0.500. The van der Waals surface area contributed by atoms with E-state index in [9.17, 15) is 0 Å². The zero-order valence-corrected chi connectivity index (χ0v) is 8.03. The number of nitrogens with two attached hydrogens (primary N) is 1. The van der Waals surface area contributed by atoms with Gasteiger partial charge in [0.1, 0.15) is 5.82 Å². The number of anilines is 1. The Labute approximate surface area is 81.6 Å². The van der Waals surface area contributed by atoms with Crippen molar-refractivity contribution in [3.05, 3.63) is 16.5 Å². The maximum Gasteiger partial charge on any atom is 0.198 e. The Bertz CT molecular complexity index is 355. The number of hydrogen-bond donors (Lipinski definition) is 3. The maximum absolute atomic E-state index is 5.50. The molecule has 0 atom stereocenters. The van der Waals surface area contributed by atoms with Crippen LogP contribution in [0.5, 0.6) is 0 Å². The first-order valence-electron chi connectivity index (χ1n) is 4.35. The number of aromatic nitrogens is 2. The van der Waals surface area contributed by atoms with Crippen molar-refractivity contribution in [2.45, 2.75) is 25.4 Å². The average molecular weight is 196 g/mol. The van der Waals surface area contributed by atoms with Gasteiger partial charge in [-0.15, -0.1) is 0 Å². The van der Waals surface area contributed by atoms with Gasteiger partial charge in [0.25, 0.3) is 0 Å². The third-order valence-electron chi connectivity index (χ3n) is 1.95. The minimum absolute atomic E-state index is 0.464. The van der Waals surface area contributed by atoms with Gasteiger partial charge in [-0.1, -0.05) is 0 Å². The summed E-state index contributed by atoms with van der Waals surface area (Å²) in [6.07, 6.45) is 2.45. The van der Waals surface area contributed by atoms with Crippen LogP contribution in [-0.4, -0.2) is 16.0 Å². The van der Waals surface area contributed by atoms with Gasteiger partial charge in [0.05, 0.1) is 0 Å². The molecule has 13 heavy (non-hydrogen) atoms. The minimum atomic E-state index is 0.464. The van der Waals surface area contributed by atoms with E-state index in [2.05, 4.69) is 15.3 Å². The van der Waals surface area contributed by atoms with Crippen molar-refractivity contribution in [1.82, 2.24) is 9.97 Å². The second-order valence-corrected chi connectivity index (χ2v) is 3.61. The van der Waals surface area contributed by atoms with Gasteiger partial charge in [0.2, 0.25) is 0 Å². The van der Waals surface area contributed by atoms with Crippen molar-refractivity contribution >= 4 is 18.0 Å². The van der Waals surface area contributed by atoms with Crippen molar-refractivity contribution in [1.29, 1.82) is 0 Å². The standard InChI is InChI=1S/C8H12N4S/c9-4-6-3-7(10-5-1-2-5)12-8(13)11-6/h3,5H,1-2,4,9H2,(H2,10,11,12,13). The number of aromatic amines is 1. The molecule has 4 N–H and O–H groups in total. The highest BCUT2D eigenvalue weighted by Gasteiger charge is 2.21. The van der Waals surface area contributed by atoms with Crippen molar-refractivity contribution in [3.63, 3.8) is 0 Å². The lowest BCUT2D eigenvalue weighted by atomic mass is 10.4. The van der Waals surface area contributed by atoms with E-state index in [1.54, 1.807) is 0 Å². The summed E-state index contributed by atoms with van der Waals surface area (Å²) in [6.45, 7) is 0.464. The molecule has 4 nitrogen and oxygen atoms in total. The molecule has 0 radical (unpaired) electrons. The lowest BCUT2D eigenvalue weighted by Crippen LogP contribution is -2.07. The summed E-state index contributed by atoms with van der Waals surface area (Å²) >= 11 is 4.96. The van der Waals surface area contributed by atoms with Crippen LogP contribution in [0.25, 0.3) is 0 Å². The lowest BCUT2D eigenvalue weighted by Gasteiger charge is -2.04. The molecule has 1 heterocycles. The molecule has 1 aromatic rings. The highest BCUT2D eigenvalue weighted by atomic mass is 32.1. The van der Waals surface area contributed by atoms with Crippen molar-refractivity contribution in [2.75, 3.05) is 5.32 Å². The fourth-order valence-corrected chi connectivity index (χ4v) is 1.36. The molecule has 5 heteroatoms. The quantitative estimate of drug-likeness (QED) is 0.635. The summed E-state index contributed by atoms with van der Waals surface area (Å²) in [5.74, 6) is 0.840. The Morgan fingerprint density at radius 1 is 1.69 bits per heavy atom. The molecule has 0 spiro atoms. The molecule has 0 amide bonds. The van der Waals surface area contributed by atoms with Gasteiger partial charge >= 0.3 is 0 Å². The van der Waals surface area contributed by atoms with Crippen molar-refractivity contribution in [2.24, 2.45) is 5.73 Å². The molecule has 0 unspecified atom stereocenters. The van der Waals surface area contributed by atoms with Crippen LogP contribution >= 0.6 is 12.2 Å². The molecule has 2 rings (SSSR count). The Morgan fingerprint density at radius 2 is 2.46 bits per heavy atom. The number of nitrogens with one attached hydrogen (secondary N) is 2. The van der Waals surface area contributed by atoms with Gasteiger partial charge in [0.15, 0.2) is 4.77 Å². The maximum atomic E-state index is 5.50. The fourth-order valence-electron chi connectivity index (χ4n) is 1.13. The van der Waals surface area contributed by atoms with E-state index in [-0.39, 0.29) is 0 Å². The first kappa shape index (κ1) is 8.65. The highest BCUT2D eigenvalue weighted by Crippen LogP contribution is 2.23. The molecule has 1 aliphatic rings. The molecular formula is C8H12N4S. The Kier molecular flexibility index (Phi) is 2.28. The van der Waals surface area contributed by atoms with Crippen LogP contribution in [0.4, 0.5) is 5.82 Å². The molecule has 1 aromatic heterocycles. The van der Waals surface area contributed by atoms with Crippen molar-refractivity contribution in [3.8, 4) is 0 Å². The molecule has 1 saturated carbocycles. The summed E-state index contributed by atoms with van der Waals surface area (Å²) in [6, 6.07) is 2.50. The van der Waals surface area contributed by atoms with E-state index in [1.165, 1.54) is 12.8 Å². The monoisotopic (exact) mass is 196 g/mol. The normalized spacial score (nSPS) is 15.8. The van der Waals surface area contributed by atoms with Crippen LogP contribution in [0.3, 0.4) is 0 Å². The molecular weight excluding hydrogens is 184 g/mol. The predicted molar refractivity (Wildman–Crippen MR) is 54.0 cm³/mol. The highest BCUT2D eigenvalue weighted by molar-refractivity contribution is 7.71. The van der Waals surface area contributed by atoms with Crippen molar-refractivity contribution < 1.29 is 0 Å². The average Bonchev–Trinajstić information content (AvgIpc) is 2.87. The van der Waals surface area contributed by atoms with Crippen LogP contribution in [0.1, 0.15) is 18.5 Å². The zero-order chi connectivity index (χ0) is 9.26. The van der Waals surface area contributed by atoms with Crippen LogP contribution in [0.2, 0.25) is 0 Å².